The third-order valence-electron chi connectivity index (χ3n) is 3.99. The van der Waals surface area contributed by atoms with Gasteiger partial charge in [0.05, 0.1) is 17.3 Å². The van der Waals surface area contributed by atoms with Gasteiger partial charge in [-0.15, -0.1) is 12.4 Å². The van der Waals surface area contributed by atoms with Gasteiger partial charge in [-0.2, -0.15) is 0 Å². The average molecular weight is 377 g/mol. The number of ether oxygens (including phenoxy) is 1. The fraction of sp³-hybridized carbons (Fsp3) is 0.562. The third-order valence-corrected chi connectivity index (χ3v) is 5.69. The van der Waals surface area contributed by atoms with Crippen LogP contribution in [0.4, 0.5) is 0 Å². The Balaban J connectivity index is 0.00000288. The first-order valence-electron chi connectivity index (χ1n) is 7.78. The lowest BCUT2D eigenvalue weighted by Crippen LogP contribution is -2.46. The average Bonchev–Trinajstić information content (AvgIpc) is 2.53. The quantitative estimate of drug-likeness (QED) is 0.784. The van der Waals surface area contributed by atoms with Crippen LogP contribution in [0.25, 0.3) is 0 Å². The van der Waals surface area contributed by atoms with E-state index >= 15 is 0 Å². The molecule has 2 atom stereocenters. The molecule has 1 heterocycles. The molecule has 0 aliphatic carbocycles. The summed E-state index contributed by atoms with van der Waals surface area (Å²) in [5.74, 6) is -0.230. The molecule has 24 heavy (non-hydrogen) atoms. The lowest BCUT2D eigenvalue weighted by atomic mass is 10.0. The zero-order valence-electron chi connectivity index (χ0n) is 13.9. The number of amides is 1. The molecule has 1 aromatic rings. The van der Waals surface area contributed by atoms with Crippen LogP contribution in [0.3, 0.4) is 0 Å². The number of piperidine rings is 1. The van der Waals surface area contributed by atoms with E-state index in [2.05, 4.69) is 17.6 Å². The first kappa shape index (κ1) is 20.9. The van der Waals surface area contributed by atoms with E-state index < -0.39 is 9.84 Å². The highest BCUT2D eigenvalue weighted by Gasteiger charge is 2.21. The standard InChI is InChI=1S/C16H24N2O4S.ClH/c1-12-11-14(7-8-17-12)18-16(19)13-3-5-15(6-4-13)23(20,21)10-9-22-2;/h3-6,12,14,17H,7-11H2,1-2H3,(H,18,19);1H. The second kappa shape index (κ2) is 9.36. The van der Waals surface area contributed by atoms with Crippen molar-refractivity contribution in [3.8, 4) is 0 Å². The van der Waals surface area contributed by atoms with E-state index in [0.717, 1.165) is 19.4 Å². The van der Waals surface area contributed by atoms with Gasteiger partial charge >= 0.3 is 0 Å². The minimum atomic E-state index is -3.36. The highest BCUT2D eigenvalue weighted by molar-refractivity contribution is 7.91. The predicted molar refractivity (Wildman–Crippen MR) is 95.6 cm³/mol. The molecule has 1 amide bonds. The molecule has 0 bridgehead atoms. The molecule has 1 saturated heterocycles. The Morgan fingerprint density at radius 3 is 2.58 bits per heavy atom. The molecule has 2 rings (SSSR count). The largest absolute Gasteiger partial charge is 0.384 e. The smallest absolute Gasteiger partial charge is 0.251 e. The number of rotatable bonds is 6. The number of sulfone groups is 1. The maximum Gasteiger partial charge on any atom is 0.251 e. The van der Waals surface area contributed by atoms with Gasteiger partial charge in [0.2, 0.25) is 0 Å². The van der Waals surface area contributed by atoms with Crippen molar-refractivity contribution in [2.75, 3.05) is 26.0 Å². The summed E-state index contributed by atoms with van der Waals surface area (Å²) in [6, 6.07) is 6.61. The molecule has 0 radical (unpaired) electrons. The monoisotopic (exact) mass is 376 g/mol. The van der Waals surface area contributed by atoms with Gasteiger partial charge in [0.15, 0.2) is 9.84 Å². The third kappa shape index (κ3) is 5.73. The first-order chi connectivity index (χ1) is 10.9. The molecule has 1 aromatic carbocycles. The molecule has 1 aliphatic heterocycles. The molecule has 2 N–H and O–H groups in total. The second-order valence-corrected chi connectivity index (χ2v) is 8.00. The number of hydrogen-bond donors (Lipinski definition) is 2. The van der Waals surface area contributed by atoms with Gasteiger partial charge < -0.3 is 15.4 Å². The number of carbonyl (C=O) groups is 1. The molecule has 2 unspecified atom stereocenters. The maximum atomic E-state index is 12.3. The van der Waals surface area contributed by atoms with Crippen LogP contribution in [0, 0.1) is 0 Å². The van der Waals surface area contributed by atoms with Gasteiger partial charge in [-0.3, -0.25) is 4.79 Å². The molecular weight excluding hydrogens is 352 g/mol. The van der Waals surface area contributed by atoms with Crippen molar-refractivity contribution in [1.82, 2.24) is 10.6 Å². The Bertz CT molecular complexity index is 634. The molecule has 6 nitrogen and oxygen atoms in total. The minimum Gasteiger partial charge on any atom is -0.384 e. The molecule has 0 spiro atoms. The lowest BCUT2D eigenvalue weighted by molar-refractivity contribution is 0.0925. The van der Waals surface area contributed by atoms with E-state index in [1.165, 1.54) is 19.2 Å². The number of methoxy groups -OCH3 is 1. The van der Waals surface area contributed by atoms with Crippen molar-refractivity contribution in [2.45, 2.75) is 36.7 Å². The van der Waals surface area contributed by atoms with Crippen LogP contribution in [0.1, 0.15) is 30.1 Å². The second-order valence-electron chi connectivity index (χ2n) is 5.89. The Hall–Kier alpha value is -1.15. The molecule has 0 saturated carbocycles. The first-order valence-corrected chi connectivity index (χ1v) is 9.43. The van der Waals surface area contributed by atoms with Crippen molar-refractivity contribution in [3.63, 3.8) is 0 Å². The normalized spacial score (nSPS) is 20.9. The van der Waals surface area contributed by atoms with Crippen molar-refractivity contribution in [1.29, 1.82) is 0 Å². The summed E-state index contributed by atoms with van der Waals surface area (Å²) in [4.78, 5) is 12.5. The summed E-state index contributed by atoms with van der Waals surface area (Å²) < 4.78 is 28.9. The van der Waals surface area contributed by atoms with E-state index in [1.54, 1.807) is 12.1 Å². The number of halogens is 1. The number of nitrogens with one attached hydrogen (secondary N) is 2. The van der Waals surface area contributed by atoms with Gasteiger partial charge in [0.25, 0.3) is 5.91 Å². The predicted octanol–water partition coefficient (Wildman–Crippen LogP) is 1.40. The van der Waals surface area contributed by atoms with E-state index in [4.69, 9.17) is 4.74 Å². The van der Waals surface area contributed by atoms with Crippen LogP contribution in [-0.4, -0.2) is 52.4 Å². The van der Waals surface area contributed by atoms with Crippen LogP contribution < -0.4 is 10.6 Å². The van der Waals surface area contributed by atoms with E-state index in [9.17, 15) is 13.2 Å². The summed E-state index contributed by atoms with van der Waals surface area (Å²) >= 11 is 0. The summed E-state index contributed by atoms with van der Waals surface area (Å²) in [6.07, 6.45) is 1.80. The molecule has 136 valence electrons. The summed E-state index contributed by atoms with van der Waals surface area (Å²) in [6.45, 7) is 3.14. The van der Waals surface area contributed by atoms with E-state index in [1.807, 2.05) is 0 Å². The van der Waals surface area contributed by atoms with E-state index in [0.29, 0.717) is 11.6 Å². The fourth-order valence-electron chi connectivity index (χ4n) is 2.66. The van der Waals surface area contributed by atoms with Crippen LogP contribution in [0.2, 0.25) is 0 Å². The zero-order chi connectivity index (χ0) is 16.9. The van der Waals surface area contributed by atoms with Crippen LogP contribution >= 0.6 is 12.4 Å². The summed E-state index contributed by atoms with van der Waals surface area (Å²) in [7, 11) is -1.90. The molecule has 1 fully saturated rings. The van der Waals surface area contributed by atoms with Crippen molar-refractivity contribution >= 4 is 28.2 Å². The number of carbonyl (C=O) groups excluding carboxylic acids is 1. The Morgan fingerprint density at radius 2 is 2.00 bits per heavy atom. The minimum absolute atomic E-state index is 0. The highest BCUT2D eigenvalue weighted by Crippen LogP contribution is 2.14. The maximum absolute atomic E-state index is 12.3. The van der Waals surface area contributed by atoms with Crippen molar-refractivity contribution in [2.24, 2.45) is 0 Å². The Kier molecular flexibility index (Phi) is 8.15. The van der Waals surface area contributed by atoms with Crippen molar-refractivity contribution in [3.05, 3.63) is 29.8 Å². The zero-order valence-corrected chi connectivity index (χ0v) is 15.6. The summed E-state index contributed by atoms with van der Waals surface area (Å²) in [5.41, 5.74) is 0.474. The van der Waals surface area contributed by atoms with Crippen LogP contribution in [0.15, 0.2) is 29.2 Å². The van der Waals surface area contributed by atoms with Crippen LogP contribution in [0.5, 0.6) is 0 Å². The Labute approximate surface area is 149 Å². The molecule has 1 aliphatic rings. The van der Waals surface area contributed by atoms with E-state index in [-0.39, 0.29) is 41.6 Å². The number of hydrogen-bond acceptors (Lipinski definition) is 5. The molecule has 0 aromatic heterocycles. The van der Waals surface area contributed by atoms with Gasteiger partial charge in [-0.25, -0.2) is 8.42 Å². The van der Waals surface area contributed by atoms with Gasteiger partial charge in [0.1, 0.15) is 0 Å². The fourth-order valence-corrected chi connectivity index (χ4v) is 3.83. The van der Waals surface area contributed by atoms with Gasteiger partial charge in [-0.05, 0) is 50.6 Å². The van der Waals surface area contributed by atoms with Crippen molar-refractivity contribution < 1.29 is 17.9 Å². The summed E-state index contributed by atoms with van der Waals surface area (Å²) in [5, 5.41) is 6.35. The van der Waals surface area contributed by atoms with Gasteiger partial charge in [-0.1, -0.05) is 0 Å². The lowest BCUT2D eigenvalue weighted by Gasteiger charge is -2.28. The highest BCUT2D eigenvalue weighted by atomic mass is 35.5. The van der Waals surface area contributed by atoms with Gasteiger partial charge in [0, 0.05) is 24.8 Å². The SMILES string of the molecule is COCCS(=O)(=O)c1ccc(C(=O)NC2CCNC(C)C2)cc1.Cl. The molecule has 8 heteroatoms. The topological polar surface area (TPSA) is 84.5 Å². The van der Waals surface area contributed by atoms with Crippen LogP contribution in [-0.2, 0) is 14.6 Å². The Morgan fingerprint density at radius 1 is 1.33 bits per heavy atom. The number of benzene rings is 1. The molecular formula is C16H25ClN2O4S.